The number of carbonyl (C=O) groups excluding carboxylic acids is 1. The molecule has 22 heavy (non-hydrogen) atoms. The lowest BCUT2D eigenvalue weighted by Crippen LogP contribution is -2.43. The van der Waals surface area contributed by atoms with E-state index < -0.39 is 10.0 Å². The molecular formula is C16H26N2O3S. The summed E-state index contributed by atoms with van der Waals surface area (Å²) >= 11 is 0. The highest BCUT2D eigenvalue weighted by Gasteiger charge is 2.19. The summed E-state index contributed by atoms with van der Waals surface area (Å²) in [6.07, 6.45) is 0.931. The Morgan fingerprint density at radius 3 is 2.45 bits per heavy atom. The molecule has 0 unspecified atom stereocenters. The molecular weight excluding hydrogens is 300 g/mol. The van der Waals surface area contributed by atoms with Crippen LogP contribution in [0.3, 0.4) is 0 Å². The van der Waals surface area contributed by atoms with E-state index in [1.165, 1.54) is 0 Å². The molecule has 0 saturated heterocycles. The van der Waals surface area contributed by atoms with Crippen LogP contribution in [0.2, 0.25) is 0 Å². The number of nitrogens with one attached hydrogen (secondary N) is 2. The molecule has 0 spiro atoms. The largest absolute Gasteiger partial charge is 0.351 e. The van der Waals surface area contributed by atoms with E-state index in [9.17, 15) is 13.2 Å². The van der Waals surface area contributed by atoms with Crippen molar-refractivity contribution in [2.24, 2.45) is 0 Å². The molecule has 0 atom stereocenters. The van der Waals surface area contributed by atoms with Gasteiger partial charge in [-0.15, -0.1) is 0 Å². The first-order chi connectivity index (χ1) is 10.1. The molecule has 0 bridgehead atoms. The van der Waals surface area contributed by atoms with Gasteiger partial charge in [-0.05, 0) is 51.3 Å². The summed E-state index contributed by atoms with van der Waals surface area (Å²) in [6.45, 7) is 9.55. The SMILES string of the molecule is CCC(C)(C)NC(=O)CCNS(=O)(=O)c1cc(C)ccc1C. The summed E-state index contributed by atoms with van der Waals surface area (Å²) in [7, 11) is -3.59. The van der Waals surface area contributed by atoms with E-state index in [0.29, 0.717) is 5.56 Å². The van der Waals surface area contributed by atoms with Crippen molar-refractivity contribution < 1.29 is 13.2 Å². The van der Waals surface area contributed by atoms with Gasteiger partial charge in [-0.3, -0.25) is 4.79 Å². The highest BCUT2D eigenvalue weighted by Crippen LogP contribution is 2.16. The van der Waals surface area contributed by atoms with Crippen molar-refractivity contribution in [1.82, 2.24) is 10.0 Å². The summed E-state index contributed by atoms with van der Waals surface area (Å²) in [6, 6.07) is 5.28. The van der Waals surface area contributed by atoms with Crippen LogP contribution in [0.1, 0.15) is 44.7 Å². The molecule has 0 radical (unpaired) electrons. The van der Waals surface area contributed by atoms with Gasteiger partial charge in [0, 0.05) is 18.5 Å². The predicted octanol–water partition coefficient (Wildman–Crippen LogP) is 2.28. The second-order valence-electron chi connectivity index (χ2n) is 6.20. The maximum Gasteiger partial charge on any atom is 0.240 e. The minimum absolute atomic E-state index is 0.0847. The average molecular weight is 326 g/mol. The normalized spacial score (nSPS) is 12.2. The Kier molecular flexibility index (Phi) is 6.14. The Hall–Kier alpha value is -1.40. The molecule has 0 aliphatic heterocycles. The monoisotopic (exact) mass is 326 g/mol. The molecule has 5 nitrogen and oxygen atoms in total. The lowest BCUT2D eigenvalue weighted by Gasteiger charge is -2.24. The van der Waals surface area contributed by atoms with Gasteiger partial charge >= 0.3 is 0 Å². The third kappa shape index (κ3) is 5.42. The molecule has 0 saturated carbocycles. The summed E-state index contributed by atoms with van der Waals surface area (Å²) < 4.78 is 27.1. The third-order valence-electron chi connectivity index (χ3n) is 3.64. The lowest BCUT2D eigenvalue weighted by molar-refractivity contribution is -0.122. The number of aryl methyl sites for hydroxylation is 2. The number of amides is 1. The Morgan fingerprint density at radius 1 is 1.23 bits per heavy atom. The van der Waals surface area contributed by atoms with Crippen LogP contribution in [0.15, 0.2) is 23.1 Å². The van der Waals surface area contributed by atoms with Gasteiger partial charge in [0.15, 0.2) is 0 Å². The molecule has 0 aliphatic carbocycles. The fourth-order valence-electron chi connectivity index (χ4n) is 1.90. The van der Waals surface area contributed by atoms with Crippen LogP contribution in [0.4, 0.5) is 0 Å². The Bertz CT molecular complexity index is 637. The molecule has 1 amide bonds. The van der Waals surface area contributed by atoms with Crippen molar-refractivity contribution in [3.63, 3.8) is 0 Å². The van der Waals surface area contributed by atoms with Crippen LogP contribution >= 0.6 is 0 Å². The van der Waals surface area contributed by atoms with Crippen molar-refractivity contribution in [3.05, 3.63) is 29.3 Å². The lowest BCUT2D eigenvalue weighted by atomic mass is 10.0. The van der Waals surface area contributed by atoms with E-state index in [2.05, 4.69) is 10.0 Å². The van der Waals surface area contributed by atoms with Crippen LogP contribution in [0.25, 0.3) is 0 Å². The molecule has 1 aromatic carbocycles. The summed E-state index contributed by atoms with van der Waals surface area (Å²) in [5.74, 6) is -0.157. The van der Waals surface area contributed by atoms with E-state index >= 15 is 0 Å². The van der Waals surface area contributed by atoms with Gasteiger partial charge in [0.05, 0.1) is 4.90 Å². The Morgan fingerprint density at radius 2 is 1.86 bits per heavy atom. The minimum Gasteiger partial charge on any atom is -0.351 e. The Balaban J connectivity index is 2.64. The maximum atomic E-state index is 12.3. The average Bonchev–Trinajstić information content (AvgIpc) is 2.40. The number of carbonyl (C=O) groups is 1. The van der Waals surface area contributed by atoms with Crippen LogP contribution in [-0.2, 0) is 14.8 Å². The minimum atomic E-state index is -3.59. The van der Waals surface area contributed by atoms with Crippen LogP contribution in [0.5, 0.6) is 0 Å². The highest BCUT2D eigenvalue weighted by molar-refractivity contribution is 7.89. The van der Waals surface area contributed by atoms with Gasteiger partial charge in [-0.1, -0.05) is 19.1 Å². The molecule has 0 aliphatic rings. The molecule has 6 heteroatoms. The molecule has 1 rings (SSSR count). The smallest absolute Gasteiger partial charge is 0.240 e. The van der Waals surface area contributed by atoms with E-state index in [1.807, 2.05) is 33.8 Å². The predicted molar refractivity (Wildman–Crippen MR) is 88.2 cm³/mol. The summed E-state index contributed by atoms with van der Waals surface area (Å²) in [5, 5.41) is 2.88. The number of benzene rings is 1. The van der Waals surface area contributed by atoms with E-state index in [4.69, 9.17) is 0 Å². The number of hydrogen-bond acceptors (Lipinski definition) is 3. The number of rotatable bonds is 7. The van der Waals surface area contributed by atoms with Gasteiger partial charge < -0.3 is 5.32 Å². The highest BCUT2D eigenvalue weighted by atomic mass is 32.2. The summed E-state index contributed by atoms with van der Waals surface area (Å²) in [4.78, 5) is 12.1. The first-order valence-electron chi connectivity index (χ1n) is 7.45. The standard InChI is InChI=1S/C16H26N2O3S/c1-6-16(4,5)18-15(19)9-10-17-22(20,21)14-11-12(2)7-8-13(14)3/h7-8,11,17H,6,9-10H2,1-5H3,(H,18,19). The van der Waals surface area contributed by atoms with Gasteiger partial charge in [0.2, 0.25) is 15.9 Å². The zero-order chi connectivity index (χ0) is 17.0. The second kappa shape index (κ2) is 7.24. The van der Waals surface area contributed by atoms with Crippen molar-refractivity contribution >= 4 is 15.9 Å². The topological polar surface area (TPSA) is 75.3 Å². The molecule has 0 aromatic heterocycles. The number of sulfonamides is 1. The molecule has 0 fully saturated rings. The van der Waals surface area contributed by atoms with Crippen molar-refractivity contribution in [2.45, 2.75) is 57.9 Å². The van der Waals surface area contributed by atoms with Crippen molar-refractivity contribution in [3.8, 4) is 0 Å². The van der Waals surface area contributed by atoms with Gasteiger partial charge in [-0.25, -0.2) is 13.1 Å². The van der Waals surface area contributed by atoms with Gasteiger partial charge in [0.1, 0.15) is 0 Å². The van der Waals surface area contributed by atoms with E-state index in [-0.39, 0.29) is 29.3 Å². The zero-order valence-electron chi connectivity index (χ0n) is 14.0. The third-order valence-corrected chi connectivity index (χ3v) is 5.24. The first kappa shape index (κ1) is 18.6. The van der Waals surface area contributed by atoms with Crippen LogP contribution < -0.4 is 10.0 Å². The number of hydrogen-bond donors (Lipinski definition) is 2. The zero-order valence-corrected chi connectivity index (χ0v) is 14.8. The quantitative estimate of drug-likeness (QED) is 0.807. The van der Waals surface area contributed by atoms with Crippen LogP contribution in [-0.4, -0.2) is 26.4 Å². The molecule has 1 aromatic rings. The fourth-order valence-corrected chi connectivity index (χ4v) is 3.26. The fraction of sp³-hybridized carbons (Fsp3) is 0.562. The molecule has 2 N–H and O–H groups in total. The maximum absolute atomic E-state index is 12.3. The second-order valence-corrected chi connectivity index (χ2v) is 7.94. The molecule has 124 valence electrons. The summed E-state index contributed by atoms with van der Waals surface area (Å²) in [5.41, 5.74) is 1.30. The first-order valence-corrected chi connectivity index (χ1v) is 8.93. The Labute approximate surface area is 133 Å². The molecule has 0 heterocycles. The van der Waals surface area contributed by atoms with E-state index in [0.717, 1.165) is 12.0 Å². The van der Waals surface area contributed by atoms with Crippen molar-refractivity contribution in [1.29, 1.82) is 0 Å². The van der Waals surface area contributed by atoms with Crippen molar-refractivity contribution in [2.75, 3.05) is 6.54 Å². The van der Waals surface area contributed by atoms with Gasteiger partial charge in [0.25, 0.3) is 0 Å². The van der Waals surface area contributed by atoms with E-state index in [1.54, 1.807) is 19.1 Å². The van der Waals surface area contributed by atoms with Gasteiger partial charge in [-0.2, -0.15) is 0 Å². The van der Waals surface area contributed by atoms with Crippen LogP contribution in [0, 0.1) is 13.8 Å².